The van der Waals surface area contributed by atoms with Crippen LogP contribution in [0.3, 0.4) is 0 Å². The fourth-order valence-corrected chi connectivity index (χ4v) is 1.02. The van der Waals surface area contributed by atoms with E-state index in [1.54, 1.807) is 12.3 Å². The SMILES string of the molecule is [B]c1ccnc(CNC(C)(C)C(=C)N)c1. The lowest BCUT2D eigenvalue weighted by Gasteiger charge is -2.26. The minimum Gasteiger partial charge on any atom is -0.401 e. The van der Waals surface area contributed by atoms with E-state index in [1.165, 1.54) is 0 Å². The standard InChI is InChI=1S/C11H16BN3/c1-8(13)11(2,3)15-7-10-6-9(12)4-5-14-10/h4-6,15H,1,7,13H2,2-3H3. The van der Waals surface area contributed by atoms with E-state index < -0.39 is 0 Å². The van der Waals surface area contributed by atoms with Crippen molar-refractivity contribution >= 4 is 13.3 Å². The number of pyridine rings is 1. The Labute approximate surface area is 92.2 Å². The number of aromatic nitrogens is 1. The van der Waals surface area contributed by atoms with E-state index in [2.05, 4.69) is 16.9 Å². The van der Waals surface area contributed by atoms with Crippen molar-refractivity contribution in [3.8, 4) is 0 Å². The largest absolute Gasteiger partial charge is 0.401 e. The summed E-state index contributed by atoms with van der Waals surface area (Å²) in [5.74, 6) is 0. The van der Waals surface area contributed by atoms with Crippen molar-refractivity contribution < 1.29 is 0 Å². The van der Waals surface area contributed by atoms with Gasteiger partial charge in [-0.25, -0.2) is 0 Å². The number of nitrogens with two attached hydrogens (primary N) is 1. The molecule has 0 spiro atoms. The first-order chi connectivity index (χ1) is 6.92. The summed E-state index contributed by atoms with van der Waals surface area (Å²) in [5.41, 5.74) is 7.57. The third-order valence-corrected chi connectivity index (χ3v) is 2.35. The maximum atomic E-state index is 5.66. The Morgan fingerprint density at radius 3 is 2.87 bits per heavy atom. The normalized spacial score (nSPS) is 11.3. The van der Waals surface area contributed by atoms with E-state index in [9.17, 15) is 0 Å². The van der Waals surface area contributed by atoms with Crippen LogP contribution >= 0.6 is 0 Å². The van der Waals surface area contributed by atoms with E-state index in [0.717, 1.165) is 5.69 Å². The van der Waals surface area contributed by atoms with Gasteiger partial charge < -0.3 is 11.1 Å². The second-order valence-corrected chi connectivity index (χ2v) is 4.08. The Kier molecular flexibility index (Phi) is 3.53. The average Bonchev–Trinajstić information content (AvgIpc) is 2.15. The highest BCUT2D eigenvalue weighted by atomic mass is 15.0. The summed E-state index contributed by atoms with van der Waals surface area (Å²) in [6.07, 6.45) is 1.69. The molecule has 1 aromatic rings. The zero-order valence-corrected chi connectivity index (χ0v) is 9.25. The second kappa shape index (κ2) is 4.49. The summed E-state index contributed by atoms with van der Waals surface area (Å²) >= 11 is 0. The van der Waals surface area contributed by atoms with Gasteiger partial charge in [0.2, 0.25) is 0 Å². The molecule has 0 atom stereocenters. The van der Waals surface area contributed by atoms with Crippen LogP contribution in [0, 0.1) is 0 Å². The van der Waals surface area contributed by atoms with Gasteiger partial charge in [-0.05, 0) is 19.9 Å². The highest BCUT2D eigenvalue weighted by Crippen LogP contribution is 2.08. The molecule has 2 radical (unpaired) electrons. The summed E-state index contributed by atoms with van der Waals surface area (Å²) in [6.45, 7) is 8.29. The fourth-order valence-electron chi connectivity index (χ4n) is 1.02. The average molecular weight is 201 g/mol. The molecule has 3 nitrogen and oxygen atoms in total. The third-order valence-electron chi connectivity index (χ3n) is 2.35. The maximum Gasteiger partial charge on any atom is 0.113 e. The van der Waals surface area contributed by atoms with Crippen LogP contribution in [-0.2, 0) is 6.54 Å². The molecule has 1 rings (SSSR count). The van der Waals surface area contributed by atoms with Crippen molar-refractivity contribution in [2.24, 2.45) is 5.73 Å². The number of hydrogen-bond donors (Lipinski definition) is 2. The van der Waals surface area contributed by atoms with Crippen LogP contribution in [0.1, 0.15) is 19.5 Å². The van der Waals surface area contributed by atoms with Crippen LogP contribution in [0.15, 0.2) is 30.6 Å². The highest BCUT2D eigenvalue weighted by Gasteiger charge is 2.18. The number of rotatable bonds is 4. The van der Waals surface area contributed by atoms with Crippen LogP contribution in [0.25, 0.3) is 0 Å². The van der Waals surface area contributed by atoms with Gasteiger partial charge in [-0.2, -0.15) is 0 Å². The lowest BCUT2D eigenvalue weighted by Crippen LogP contribution is -2.43. The zero-order chi connectivity index (χ0) is 11.5. The van der Waals surface area contributed by atoms with Gasteiger partial charge in [-0.3, -0.25) is 4.98 Å². The van der Waals surface area contributed by atoms with E-state index >= 15 is 0 Å². The van der Waals surface area contributed by atoms with Crippen molar-refractivity contribution in [3.05, 3.63) is 36.3 Å². The molecule has 0 amide bonds. The first-order valence-electron chi connectivity index (χ1n) is 4.82. The molecule has 78 valence electrons. The quantitative estimate of drug-likeness (QED) is 0.685. The second-order valence-electron chi connectivity index (χ2n) is 4.08. The van der Waals surface area contributed by atoms with Gasteiger partial charge in [0.15, 0.2) is 0 Å². The Morgan fingerprint density at radius 2 is 2.33 bits per heavy atom. The molecule has 3 N–H and O–H groups in total. The van der Waals surface area contributed by atoms with E-state index in [0.29, 0.717) is 17.7 Å². The molecular weight excluding hydrogens is 185 g/mol. The lowest BCUT2D eigenvalue weighted by atomic mass is 9.96. The predicted octanol–water partition coefficient (Wildman–Crippen LogP) is 0.216. The monoisotopic (exact) mass is 201 g/mol. The van der Waals surface area contributed by atoms with Gasteiger partial charge in [0.25, 0.3) is 0 Å². The van der Waals surface area contributed by atoms with E-state index in [-0.39, 0.29) is 5.54 Å². The molecule has 1 aromatic heterocycles. The first-order valence-corrected chi connectivity index (χ1v) is 4.82. The molecule has 0 aromatic carbocycles. The van der Waals surface area contributed by atoms with Crippen molar-refractivity contribution in [2.75, 3.05) is 0 Å². The van der Waals surface area contributed by atoms with Gasteiger partial charge in [0.1, 0.15) is 7.85 Å². The summed E-state index contributed by atoms with van der Waals surface area (Å²) in [4.78, 5) is 4.19. The highest BCUT2D eigenvalue weighted by molar-refractivity contribution is 6.32. The number of hydrogen-bond acceptors (Lipinski definition) is 3. The Bertz CT molecular complexity index is 361. The van der Waals surface area contributed by atoms with Crippen molar-refractivity contribution in [1.29, 1.82) is 0 Å². The number of nitrogens with zero attached hydrogens (tertiary/aromatic N) is 1. The first kappa shape index (κ1) is 11.8. The molecular formula is C11H16BN3. The molecule has 0 aliphatic carbocycles. The van der Waals surface area contributed by atoms with Crippen LogP contribution < -0.4 is 16.5 Å². The van der Waals surface area contributed by atoms with Gasteiger partial charge in [0, 0.05) is 18.4 Å². The topological polar surface area (TPSA) is 50.9 Å². The van der Waals surface area contributed by atoms with Crippen molar-refractivity contribution in [2.45, 2.75) is 25.9 Å². The Balaban J connectivity index is 2.61. The smallest absolute Gasteiger partial charge is 0.113 e. The van der Waals surface area contributed by atoms with Crippen LogP contribution in [0.4, 0.5) is 0 Å². The van der Waals surface area contributed by atoms with Crippen molar-refractivity contribution in [3.63, 3.8) is 0 Å². The molecule has 15 heavy (non-hydrogen) atoms. The molecule has 0 unspecified atom stereocenters. The summed E-state index contributed by atoms with van der Waals surface area (Å²) in [7, 11) is 5.65. The summed E-state index contributed by atoms with van der Waals surface area (Å²) in [6, 6.07) is 3.60. The molecule has 0 aliphatic rings. The molecule has 0 bridgehead atoms. The molecule has 0 saturated carbocycles. The zero-order valence-electron chi connectivity index (χ0n) is 9.25. The molecule has 1 heterocycles. The fraction of sp³-hybridized carbons (Fsp3) is 0.364. The van der Waals surface area contributed by atoms with Gasteiger partial charge >= 0.3 is 0 Å². The number of nitrogens with one attached hydrogen (secondary N) is 1. The minimum absolute atomic E-state index is 0.299. The van der Waals surface area contributed by atoms with E-state index in [1.807, 2.05) is 19.9 Å². The molecule has 0 aliphatic heterocycles. The molecule has 0 fully saturated rings. The Morgan fingerprint density at radius 1 is 1.67 bits per heavy atom. The van der Waals surface area contributed by atoms with E-state index in [4.69, 9.17) is 13.6 Å². The third kappa shape index (κ3) is 3.40. The van der Waals surface area contributed by atoms with Crippen molar-refractivity contribution in [1.82, 2.24) is 10.3 Å². The van der Waals surface area contributed by atoms with Gasteiger partial charge in [0.05, 0.1) is 11.2 Å². The predicted molar refractivity (Wildman–Crippen MR) is 63.9 cm³/mol. The van der Waals surface area contributed by atoms with Gasteiger partial charge in [-0.1, -0.05) is 18.1 Å². The lowest BCUT2D eigenvalue weighted by molar-refractivity contribution is 0.443. The summed E-state index contributed by atoms with van der Waals surface area (Å²) in [5, 5.41) is 3.26. The van der Waals surface area contributed by atoms with Gasteiger partial charge in [-0.15, -0.1) is 0 Å². The minimum atomic E-state index is -0.299. The summed E-state index contributed by atoms with van der Waals surface area (Å²) < 4.78 is 0. The van der Waals surface area contributed by atoms with Crippen LogP contribution in [-0.4, -0.2) is 18.4 Å². The maximum absolute atomic E-state index is 5.66. The Hall–Kier alpha value is -1.29. The molecule has 0 saturated heterocycles. The molecule has 4 heteroatoms. The van der Waals surface area contributed by atoms with Crippen LogP contribution in [0.5, 0.6) is 0 Å². The van der Waals surface area contributed by atoms with Crippen LogP contribution in [0.2, 0.25) is 0 Å².